The van der Waals surface area contributed by atoms with Crippen LogP contribution in [0.2, 0.25) is 5.02 Å². The molecule has 0 unspecified atom stereocenters. The van der Waals surface area contributed by atoms with Crippen molar-refractivity contribution in [3.8, 4) is 5.75 Å². The molecule has 0 amide bonds. The van der Waals surface area contributed by atoms with E-state index in [2.05, 4.69) is 0 Å². The van der Waals surface area contributed by atoms with Gasteiger partial charge in [0.1, 0.15) is 5.75 Å². The van der Waals surface area contributed by atoms with Crippen molar-refractivity contribution in [1.82, 2.24) is 0 Å². The summed E-state index contributed by atoms with van der Waals surface area (Å²) in [7, 11) is -1.62. The van der Waals surface area contributed by atoms with E-state index in [0.29, 0.717) is 5.39 Å². The molecule has 72 valence electrons. The van der Waals surface area contributed by atoms with Crippen LogP contribution >= 0.6 is 22.9 Å². The Morgan fingerprint density at radius 1 is 1.29 bits per heavy atom. The highest BCUT2D eigenvalue weighted by molar-refractivity contribution is 7.17. The fourth-order valence-electron chi connectivity index (χ4n) is 1.25. The van der Waals surface area contributed by atoms with Gasteiger partial charge in [0.15, 0.2) is 0 Å². The van der Waals surface area contributed by atoms with E-state index in [9.17, 15) is 5.11 Å². The molecule has 0 aliphatic carbocycles. The van der Waals surface area contributed by atoms with Gasteiger partial charge in [0, 0.05) is 26.0 Å². The largest absolute Gasteiger partial charge is 0.506 e. The number of benzene rings is 1. The molecule has 0 aliphatic rings. The molecule has 2 rings (SSSR count). The summed E-state index contributed by atoms with van der Waals surface area (Å²) in [5.74, 6) is 0.128. The molecule has 0 bridgehead atoms. The quantitative estimate of drug-likeness (QED) is 0.637. The van der Waals surface area contributed by atoms with Crippen LogP contribution in [0.4, 0.5) is 0 Å². The second-order valence-electron chi connectivity index (χ2n) is 2.86. The van der Waals surface area contributed by atoms with Gasteiger partial charge in [-0.05, 0) is 12.1 Å². The Bertz CT molecular complexity index is 483. The minimum Gasteiger partial charge on any atom is -0.506 e. The van der Waals surface area contributed by atoms with E-state index < -0.39 is 7.12 Å². The molecule has 1 heterocycles. The molecular weight excluding hydrogens is 222 g/mol. The van der Waals surface area contributed by atoms with Crippen molar-refractivity contribution < 1.29 is 15.2 Å². The van der Waals surface area contributed by atoms with E-state index in [0.717, 1.165) is 4.70 Å². The number of hydrogen-bond acceptors (Lipinski definition) is 4. The third-order valence-corrected chi connectivity index (χ3v) is 3.21. The Hall–Kier alpha value is -0.745. The molecule has 1 aromatic heterocycles. The van der Waals surface area contributed by atoms with Crippen LogP contribution in [0.3, 0.4) is 0 Å². The molecule has 6 heteroatoms. The summed E-state index contributed by atoms with van der Waals surface area (Å²) in [5, 5.41) is 29.8. The normalized spacial score (nSPS) is 10.8. The van der Waals surface area contributed by atoms with Gasteiger partial charge in [0.05, 0.1) is 0 Å². The van der Waals surface area contributed by atoms with E-state index in [-0.39, 0.29) is 16.2 Å². The molecule has 0 aliphatic heterocycles. The summed E-state index contributed by atoms with van der Waals surface area (Å²) in [4.78, 5) is 0. The number of fused-ring (bicyclic) bond motifs is 1. The van der Waals surface area contributed by atoms with Gasteiger partial charge < -0.3 is 15.2 Å². The van der Waals surface area contributed by atoms with Crippen molar-refractivity contribution in [1.29, 1.82) is 0 Å². The van der Waals surface area contributed by atoms with Crippen LogP contribution in [-0.4, -0.2) is 22.3 Å². The molecule has 2 aromatic rings. The lowest BCUT2D eigenvalue weighted by Crippen LogP contribution is -2.30. The predicted octanol–water partition coefficient (Wildman–Crippen LogP) is 0.940. The van der Waals surface area contributed by atoms with Crippen LogP contribution in [0.25, 0.3) is 10.1 Å². The van der Waals surface area contributed by atoms with Gasteiger partial charge in [-0.3, -0.25) is 0 Å². The molecule has 0 fully saturated rings. The highest BCUT2D eigenvalue weighted by Gasteiger charge is 2.17. The zero-order chi connectivity index (χ0) is 10.3. The average molecular weight is 228 g/mol. The Kier molecular flexibility index (Phi) is 2.40. The lowest BCUT2D eigenvalue weighted by Gasteiger charge is -2.02. The number of rotatable bonds is 1. The van der Waals surface area contributed by atoms with E-state index in [4.69, 9.17) is 21.6 Å². The minimum atomic E-state index is -1.62. The number of hydrogen-bond donors (Lipinski definition) is 3. The van der Waals surface area contributed by atoms with Crippen molar-refractivity contribution in [2.75, 3.05) is 0 Å². The third-order valence-electron chi connectivity index (χ3n) is 1.95. The van der Waals surface area contributed by atoms with Gasteiger partial charge in [0.2, 0.25) is 0 Å². The first-order chi connectivity index (χ1) is 6.59. The zero-order valence-electron chi connectivity index (χ0n) is 6.94. The van der Waals surface area contributed by atoms with Crippen molar-refractivity contribution >= 4 is 45.6 Å². The van der Waals surface area contributed by atoms with Crippen LogP contribution in [-0.2, 0) is 0 Å². The molecule has 14 heavy (non-hydrogen) atoms. The fourth-order valence-corrected chi connectivity index (χ4v) is 2.42. The van der Waals surface area contributed by atoms with Crippen LogP contribution < -0.4 is 5.46 Å². The number of thiophene rings is 1. The van der Waals surface area contributed by atoms with Crippen LogP contribution in [0.15, 0.2) is 17.5 Å². The van der Waals surface area contributed by atoms with Crippen molar-refractivity contribution in [3.05, 3.63) is 22.5 Å². The summed E-state index contributed by atoms with van der Waals surface area (Å²) in [6, 6.07) is 3.09. The Morgan fingerprint density at radius 2 is 2.00 bits per heavy atom. The highest BCUT2D eigenvalue weighted by atomic mass is 35.5. The molecule has 1 aromatic carbocycles. The number of aromatic hydroxyl groups is 1. The standard InChI is InChI=1S/C8H6BClO3S/c10-6-2-8-4(7(11)3-14-8)1-5(6)9(12)13/h1-3,11-13H. The first kappa shape index (κ1) is 9.80. The van der Waals surface area contributed by atoms with Gasteiger partial charge in [-0.15, -0.1) is 11.3 Å². The van der Waals surface area contributed by atoms with Crippen LogP contribution in [0, 0.1) is 0 Å². The third kappa shape index (κ3) is 1.48. The Balaban J connectivity index is 2.74. The first-order valence-corrected chi connectivity index (χ1v) is 5.11. The smallest absolute Gasteiger partial charge is 0.489 e. The first-order valence-electron chi connectivity index (χ1n) is 3.85. The van der Waals surface area contributed by atoms with Crippen LogP contribution in [0.1, 0.15) is 0 Å². The molecule has 0 spiro atoms. The lowest BCUT2D eigenvalue weighted by atomic mass is 9.80. The summed E-state index contributed by atoms with van der Waals surface area (Å²) in [6.45, 7) is 0. The summed E-state index contributed by atoms with van der Waals surface area (Å²) in [5.41, 5.74) is 0.202. The summed E-state index contributed by atoms with van der Waals surface area (Å²) < 4.78 is 0.817. The molecular formula is C8H6BClO3S. The second kappa shape index (κ2) is 3.44. The van der Waals surface area contributed by atoms with E-state index in [1.807, 2.05) is 0 Å². The van der Waals surface area contributed by atoms with Crippen molar-refractivity contribution in [3.63, 3.8) is 0 Å². The topological polar surface area (TPSA) is 60.7 Å². The molecule has 0 radical (unpaired) electrons. The van der Waals surface area contributed by atoms with Gasteiger partial charge in [-0.1, -0.05) is 11.6 Å². The van der Waals surface area contributed by atoms with E-state index >= 15 is 0 Å². The van der Waals surface area contributed by atoms with Crippen molar-refractivity contribution in [2.45, 2.75) is 0 Å². The minimum absolute atomic E-state index is 0.128. The SMILES string of the molecule is OB(O)c1cc2c(O)csc2cc1Cl. The van der Waals surface area contributed by atoms with Gasteiger partial charge >= 0.3 is 7.12 Å². The summed E-state index contributed by atoms with van der Waals surface area (Å²) in [6.07, 6.45) is 0. The average Bonchev–Trinajstić information content (AvgIpc) is 2.46. The molecule has 3 N–H and O–H groups in total. The zero-order valence-corrected chi connectivity index (χ0v) is 8.51. The molecule has 0 saturated carbocycles. The van der Waals surface area contributed by atoms with Crippen LogP contribution in [0.5, 0.6) is 5.75 Å². The monoisotopic (exact) mass is 228 g/mol. The Labute approximate surface area is 89.3 Å². The Morgan fingerprint density at radius 3 is 2.64 bits per heavy atom. The molecule has 0 saturated heterocycles. The van der Waals surface area contributed by atoms with Gasteiger partial charge in [-0.2, -0.15) is 0 Å². The second-order valence-corrected chi connectivity index (χ2v) is 4.18. The van der Waals surface area contributed by atoms with Crippen molar-refractivity contribution in [2.24, 2.45) is 0 Å². The maximum Gasteiger partial charge on any atom is 0.489 e. The fraction of sp³-hybridized carbons (Fsp3) is 0. The van der Waals surface area contributed by atoms with Gasteiger partial charge in [0.25, 0.3) is 0 Å². The highest BCUT2D eigenvalue weighted by Crippen LogP contribution is 2.32. The van der Waals surface area contributed by atoms with E-state index in [1.165, 1.54) is 17.4 Å². The van der Waals surface area contributed by atoms with E-state index in [1.54, 1.807) is 11.4 Å². The predicted molar refractivity (Wildman–Crippen MR) is 58.3 cm³/mol. The number of halogens is 1. The maximum atomic E-state index is 9.41. The maximum absolute atomic E-state index is 9.41. The summed E-state index contributed by atoms with van der Waals surface area (Å²) >= 11 is 7.16. The lowest BCUT2D eigenvalue weighted by molar-refractivity contribution is 0.426. The molecule has 3 nitrogen and oxygen atoms in total. The molecule has 0 atom stereocenters. The van der Waals surface area contributed by atoms with Gasteiger partial charge in [-0.25, -0.2) is 0 Å².